The number of nitrogens with one attached hydrogen (secondary N) is 1. The van der Waals surface area contributed by atoms with Gasteiger partial charge in [0.2, 0.25) is 5.91 Å². The molecule has 1 atom stereocenters. The van der Waals surface area contributed by atoms with Crippen molar-refractivity contribution in [2.75, 3.05) is 32.8 Å². The number of carbonyl (C=O) groups excluding carboxylic acids is 1. The highest BCUT2D eigenvalue weighted by molar-refractivity contribution is 5.82. The lowest BCUT2D eigenvalue weighted by Crippen LogP contribution is -2.50. The molecule has 0 aromatic heterocycles. The van der Waals surface area contributed by atoms with Crippen LogP contribution in [0.2, 0.25) is 0 Å². The summed E-state index contributed by atoms with van der Waals surface area (Å²) < 4.78 is 5.78. The second kappa shape index (κ2) is 6.90. The summed E-state index contributed by atoms with van der Waals surface area (Å²) in [5, 5.41) is 3.12. The van der Waals surface area contributed by atoms with E-state index in [-0.39, 0.29) is 17.4 Å². The Labute approximate surface area is 123 Å². The molecule has 2 aliphatic rings. The molecule has 0 aromatic rings. The average Bonchev–Trinajstić information content (AvgIpc) is 2.84. The lowest BCUT2D eigenvalue weighted by Gasteiger charge is -2.34. The van der Waals surface area contributed by atoms with E-state index in [9.17, 15) is 4.79 Å². The van der Waals surface area contributed by atoms with E-state index in [0.29, 0.717) is 12.5 Å². The third-order valence-corrected chi connectivity index (χ3v) is 4.59. The zero-order valence-electron chi connectivity index (χ0n) is 13.3. The topological polar surface area (TPSA) is 41.6 Å². The number of hydrogen-bond acceptors (Lipinski definition) is 3. The Morgan fingerprint density at radius 2 is 2.10 bits per heavy atom. The molecule has 1 saturated carbocycles. The van der Waals surface area contributed by atoms with Crippen LogP contribution in [0, 0.1) is 11.3 Å². The van der Waals surface area contributed by atoms with Crippen molar-refractivity contribution >= 4 is 5.91 Å². The van der Waals surface area contributed by atoms with Crippen LogP contribution < -0.4 is 5.32 Å². The van der Waals surface area contributed by atoms with Gasteiger partial charge < -0.3 is 10.1 Å². The van der Waals surface area contributed by atoms with E-state index in [4.69, 9.17) is 4.74 Å². The molecule has 0 spiro atoms. The molecule has 1 unspecified atom stereocenters. The van der Waals surface area contributed by atoms with Gasteiger partial charge in [0.15, 0.2) is 0 Å². The van der Waals surface area contributed by atoms with Crippen LogP contribution in [0.15, 0.2) is 0 Å². The first-order valence-corrected chi connectivity index (χ1v) is 8.12. The first-order chi connectivity index (χ1) is 9.49. The fourth-order valence-electron chi connectivity index (χ4n) is 3.39. The molecule has 1 saturated heterocycles. The Hall–Kier alpha value is -0.610. The van der Waals surface area contributed by atoms with Gasteiger partial charge in [-0.05, 0) is 18.8 Å². The molecule has 2 rings (SSSR count). The zero-order chi connectivity index (χ0) is 14.6. The minimum Gasteiger partial charge on any atom is -0.374 e. The van der Waals surface area contributed by atoms with Gasteiger partial charge in [-0.1, -0.05) is 33.6 Å². The molecule has 1 aliphatic carbocycles. The molecule has 2 fully saturated rings. The monoisotopic (exact) mass is 282 g/mol. The SMILES string of the molecule is CC(C)CN1CCOC(CNC(=O)C2(C)CCCC2)C1. The fraction of sp³-hybridized carbons (Fsp3) is 0.938. The molecule has 0 radical (unpaired) electrons. The van der Waals surface area contributed by atoms with Crippen LogP contribution in [0.1, 0.15) is 46.5 Å². The molecule has 1 N–H and O–H groups in total. The molecule has 1 aliphatic heterocycles. The largest absolute Gasteiger partial charge is 0.374 e. The normalized spacial score (nSPS) is 26.9. The Bertz CT molecular complexity index is 324. The van der Waals surface area contributed by atoms with Crippen LogP contribution in [0.5, 0.6) is 0 Å². The summed E-state index contributed by atoms with van der Waals surface area (Å²) in [5.74, 6) is 0.903. The molecule has 116 valence electrons. The van der Waals surface area contributed by atoms with E-state index >= 15 is 0 Å². The summed E-state index contributed by atoms with van der Waals surface area (Å²) in [4.78, 5) is 14.7. The summed E-state index contributed by atoms with van der Waals surface area (Å²) in [6, 6.07) is 0. The first kappa shape index (κ1) is 15.8. The fourth-order valence-corrected chi connectivity index (χ4v) is 3.39. The van der Waals surface area contributed by atoms with Gasteiger partial charge >= 0.3 is 0 Å². The zero-order valence-corrected chi connectivity index (χ0v) is 13.3. The third-order valence-electron chi connectivity index (χ3n) is 4.59. The van der Waals surface area contributed by atoms with Crippen molar-refractivity contribution in [1.82, 2.24) is 10.2 Å². The summed E-state index contributed by atoms with van der Waals surface area (Å²) in [7, 11) is 0. The van der Waals surface area contributed by atoms with Gasteiger partial charge in [-0.25, -0.2) is 0 Å². The van der Waals surface area contributed by atoms with Gasteiger partial charge in [0.05, 0.1) is 12.7 Å². The minimum absolute atomic E-state index is 0.133. The summed E-state index contributed by atoms with van der Waals surface area (Å²) >= 11 is 0. The van der Waals surface area contributed by atoms with E-state index in [1.54, 1.807) is 0 Å². The Kier molecular flexibility index (Phi) is 5.44. The second-order valence-electron chi connectivity index (χ2n) is 7.12. The van der Waals surface area contributed by atoms with Crippen molar-refractivity contribution in [2.45, 2.75) is 52.6 Å². The van der Waals surface area contributed by atoms with Gasteiger partial charge in [-0.2, -0.15) is 0 Å². The number of morpholine rings is 1. The number of ether oxygens (including phenoxy) is 1. The maximum Gasteiger partial charge on any atom is 0.226 e. The van der Waals surface area contributed by atoms with E-state index in [1.807, 2.05) is 0 Å². The van der Waals surface area contributed by atoms with Crippen molar-refractivity contribution in [3.63, 3.8) is 0 Å². The number of rotatable bonds is 5. The van der Waals surface area contributed by atoms with Crippen LogP contribution in [0.25, 0.3) is 0 Å². The van der Waals surface area contributed by atoms with Gasteiger partial charge in [0.25, 0.3) is 0 Å². The van der Waals surface area contributed by atoms with Crippen LogP contribution in [0.4, 0.5) is 0 Å². The van der Waals surface area contributed by atoms with Crippen LogP contribution in [0.3, 0.4) is 0 Å². The molecule has 20 heavy (non-hydrogen) atoms. The van der Waals surface area contributed by atoms with E-state index in [1.165, 1.54) is 12.8 Å². The Balaban J connectivity index is 1.74. The van der Waals surface area contributed by atoms with Gasteiger partial charge in [0.1, 0.15) is 0 Å². The maximum absolute atomic E-state index is 12.3. The standard InChI is InChI=1S/C16H30N2O2/c1-13(2)11-18-8-9-20-14(12-18)10-17-15(19)16(3)6-4-5-7-16/h13-14H,4-12H2,1-3H3,(H,17,19). The Morgan fingerprint density at radius 3 is 2.75 bits per heavy atom. The molecule has 4 heteroatoms. The highest BCUT2D eigenvalue weighted by Gasteiger charge is 2.36. The molecular formula is C16H30N2O2. The van der Waals surface area contributed by atoms with Crippen LogP contribution >= 0.6 is 0 Å². The molecule has 1 heterocycles. The van der Waals surface area contributed by atoms with Crippen LogP contribution in [-0.4, -0.2) is 49.7 Å². The maximum atomic E-state index is 12.3. The summed E-state index contributed by atoms with van der Waals surface area (Å²) in [6.45, 7) is 11.1. The highest BCUT2D eigenvalue weighted by atomic mass is 16.5. The van der Waals surface area contributed by atoms with Crippen molar-refractivity contribution in [3.8, 4) is 0 Å². The molecular weight excluding hydrogens is 252 g/mol. The van der Waals surface area contributed by atoms with Crippen molar-refractivity contribution in [2.24, 2.45) is 11.3 Å². The van der Waals surface area contributed by atoms with Gasteiger partial charge in [-0.3, -0.25) is 9.69 Å². The molecule has 4 nitrogen and oxygen atoms in total. The van der Waals surface area contributed by atoms with Crippen molar-refractivity contribution in [1.29, 1.82) is 0 Å². The number of hydrogen-bond donors (Lipinski definition) is 1. The lowest BCUT2D eigenvalue weighted by atomic mass is 9.88. The predicted molar refractivity (Wildman–Crippen MR) is 80.6 cm³/mol. The smallest absolute Gasteiger partial charge is 0.226 e. The number of amides is 1. The van der Waals surface area contributed by atoms with Gasteiger partial charge in [0, 0.05) is 31.6 Å². The van der Waals surface area contributed by atoms with Crippen LogP contribution in [-0.2, 0) is 9.53 Å². The highest BCUT2D eigenvalue weighted by Crippen LogP contribution is 2.37. The molecule has 0 bridgehead atoms. The summed E-state index contributed by atoms with van der Waals surface area (Å²) in [5.41, 5.74) is -0.133. The van der Waals surface area contributed by atoms with E-state index < -0.39 is 0 Å². The number of nitrogens with zero attached hydrogens (tertiary/aromatic N) is 1. The average molecular weight is 282 g/mol. The Morgan fingerprint density at radius 1 is 1.40 bits per heavy atom. The van der Waals surface area contributed by atoms with Crippen molar-refractivity contribution < 1.29 is 9.53 Å². The molecule has 0 aromatic carbocycles. The van der Waals surface area contributed by atoms with E-state index in [2.05, 4.69) is 31.0 Å². The number of carbonyl (C=O) groups is 1. The van der Waals surface area contributed by atoms with E-state index in [0.717, 1.165) is 39.1 Å². The quantitative estimate of drug-likeness (QED) is 0.839. The van der Waals surface area contributed by atoms with Crippen molar-refractivity contribution in [3.05, 3.63) is 0 Å². The third kappa shape index (κ3) is 4.19. The minimum atomic E-state index is -0.133. The first-order valence-electron chi connectivity index (χ1n) is 8.12. The summed E-state index contributed by atoms with van der Waals surface area (Å²) in [6.07, 6.45) is 4.59. The lowest BCUT2D eigenvalue weighted by molar-refractivity contribution is -0.131. The second-order valence-corrected chi connectivity index (χ2v) is 7.12. The predicted octanol–water partition coefficient (Wildman–Crippen LogP) is 2.04. The molecule has 1 amide bonds. The van der Waals surface area contributed by atoms with Gasteiger partial charge in [-0.15, -0.1) is 0 Å².